The second-order valence-electron chi connectivity index (χ2n) is 5.40. The van der Waals surface area contributed by atoms with Gasteiger partial charge in [0.2, 0.25) is 0 Å². The average molecular weight is 313 g/mol. The molecule has 0 saturated heterocycles. The maximum Gasteiger partial charge on any atom is 0.130 e. The maximum absolute atomic E-state index is 13.8. The molecule has 0 aromatic heterocycles. The van der Waals surface area contributed by atoms with Crippen molar-refractivity contribution in [2.24, 2.45) is 0 Å². The monoisotopic (exact) mass is 313 g/mol. The van der Waals surface area contributed by atoms with Crippen molar-refractivity contribution in [2.45, 2.75) is 39.0 Å². The van der Waals surface area contributed by atoms with Crippen molar-refractivity contribution in [3.8, 4) is 0 Å². The van der Waals surface area contributed by atoms with E-state index in [1.807, 2.05) is 18.7 Å². The standard InChI is InChI=1S/C17H25F2NO2/c1-4-8-22-12-16(21)11-20(13(3)5-2)10-14-6-7-15(18)9-17(14)19/h4,6-7,9,13,16,21H,1,5,8,10-12H2,2-3H3/t13-,16+/m1/s1. The minimum Gasteiger partial charge on any atom is -0.389 e. The van der Waals surface area contributed by atoms with Crippen LogP contribution in [0.2, 0.25) is 0 Å². The fourth-order valence-electron chi connectivity index (χ4n) is 2.14. The van der Waals surface area contributed by atoms with E-state index >= 15 is 0 Å². The Morgan fingerprint density at radius 2 is 2.14 bits per heavy atom. The Bertz CT molecular complexity index is 468. The number of halogens is 2. The maximum atomic E-state index is 13.8. The predicted octanol–water partition coefficient (Wildman–Crippen LogP) is 3.13. The van der Waals surface area contributed by atoms with E-state index in [0.717, 1.165) is 12.5 Å². The Balaban J connectivity index is 2.69. The van der Waals surface area contributed by atoms with Gasteiger partial charge in [0.1, 0.15) is 11.6 Å². The molecule has 0 saturated carbocycles. The van der Waals surface area contributed by atoms with Crippen molar-refractivity contribution in [1.82, 2.24) is 4.90 Å². The van der Waals surface area contributed by atoms with Crippen LogP contribution in [0.25, 0.3) is 0 Å². The lowest BCUT2D eigenvalue weighted by molar-refractivity contribution is 0.0154. The van der Waals surface area contributed by atoms with Crippen LogP contribution in [-0.2, 0) is 11.3 Å². The van der Waals surface area contributed by atoms with Gasteiger partial charge in [0, 0.05) is 30.8 Å². The Kier molecular flexibility index (Phi) is 8.24. The summed E-state index contributed by atoms with van der Waals surface area (Å²) in [5.74, 6) is -1.15. The first kappa shape index (κ1) is 18.7. The Morgan fingerprint density at radius 1 is 1.41 bits per heavy atom. The van der Waals surface area contributed by atoms with E-state index in [0.29, 0.717) is 25.3 Å². The normalized spacial score (nSPS) is 14.1. The molecule has 1 aromatic rings. The van der Waals surface area contributed by atoms with Gasteiger partial charge in [0.25, 0.3) is 0 Å². The zero-order valence-corrected chi connectivity index (χ0v) is 13.3. The van der Waals surface area contributed by atoms with E-state index in [1.54, 1.807) is 6.08 Å². The summed E-state index contributed by atoms with van der Waals surface area (Å²) >= 11 is 0. The fraction of sp³-hybridized carbons (Fsp3) is 0.529. The number of nitrogens with zero attached hydrogens (tertiary/aromatic N) is 1. The molecule has 3 nitrogen and oxygen atoms in total. The van der Waals surface area contributed by atoms with Crippen molar-refractivity contribution in [2.75, 3.05) is 19.8 Å². The van der Waals surface area contributed by atoms with Crippen LogP contribution >= 0.6 is 0 Å². The van der Waals surface area contributed by atoms with Crippen LogP contribution in [-0.4, -0.2) is 41.9 Å². The average Bonchev–Trinajstić information content (AvgIpc) is 2.48. The lowest BCUT2D eigenvalue weighted by Crippen LogP contribution is -2.40. The van der Waals surface area contributed by atoms with Gasteiger partial charge in [-0.2, -0.15) is 0 Å². The quantitative estimate of drug-likeness (QED) is 0.532. The van der Waals surface area contributed by atoms with Crippen LogP contribution in [0.3, 0.4) is 0 Å². The first-order chi connectivity index (χ1) is 10.5. The SMILES string of the molecule is C=CCOC[C@@H](O)CN(Cc1ccc(F)cc1F)[C@H](C)CC. The van der Waals surface area contributed by atoms with E-state index in [1.165, 1.54) is 12.1 Å². The number of aliphatic hydroxyl groups is 1. The predicted molar refractivity (Wildman–Crippen MR) is 83.5 cm³/mol. The van der Waals surface area contributed by atoms with E-state index in [4.69, 9.17) is 4.74 Å². The Morgan fingerprint density at radius 3 is 2.73 bits per heavy atom. The molecule has 0 aliphatic rings. The molecule has 0 spiro atoms. The third-order valence-corrected chi connectivity index (χ3v) is 3.59. The van der Waals surface area contributed by atoms with E-state index in [-0.39, 0.29) is 12.6 Å². The first-order valence-electron chi connectivity index (χ1n) is 7.52. The van der Waals surface area contributed by atoms with E-state index in [2.05, 4.69) is 6.58 Å². The molecule has 124 valence electrons. The van der Waals surface area contributed by atoms with Gasteiger partial charge >= 0.3 is 0 Å². The van der Waals surface area contributed by atoms with Gasteiger partial charge in [-0.05, 0) is 19.4 Å². The summed E-state index contributed by atoms with van der Waals surface area (Å²) in [7, 11) is 0. The Hall–Kier alpha value is -1.30. The molecule has 0 amide bonds. The van der Waals surface area contributed by atoms with E-state index in [9.17, 15) is 13.9 Å². The molecule has 0 bridgehead atoms. The van der Waals surface area contributed by atoms with Crippen molar-refractivity contribution in [3.05, 3.63) is 48.1 Å². The number of rotatable bonds is 10. The molecule has 0 fully saturated rings. The highest BCUT2D eigenvalue weighted by Crippen LogP contribution is 2.15. The summed E-state index contributed by atoms with van der Waals surface area (Å²) < 4.78 is 32.0. The van der Waals surface area contributed by atoms with Gasteiger partial charge in [0.05, 0.1) is 19.3 Å². The molecular weight excluding hydrogens is 288 g/mol. The Labute approximate surface area is 131 Å². The summed E-state index contributed by atoms with van der Waals surface area (Å²) in [5, 5.41) is 10.0. The fourth-order valence-corrected chi connectivity index (χ4v) is 2.14. The largest absolute Gasteiger partial charge is 0.389 e. The molecule has 1 aromatic carbocycles. The van der Waals surface area contributed by atoms with Crippen LogP contribution in [0.4, 0.5) is 8.78 Å². The summed E-state index contributed by atoms with van der Waals surface area (Å²) in [5.41, 5.74) is 0.418. The molecule has 1 rings (SSSR count). The highest BCUT2D eigenvalue weighted by Gasteiger charge is 2.18. The molecule has 5 heteroatoms. The molecule has 2 atom stereocenters. The topological polar surface area (TPSA) is 32.7 Å². The zero-order valence-electron chi connectivity index (χ0n) is 13.3. The lowest BCUT2D eigenvalue weighted by Gasteiger charge is -2.30. The molecule has 0 aliphatic carbocycles. The molecule has 22 heavy (non-hydrogen) atoms. The van der Waals surface area contributed by atoms with Crippen LogP contribution in [0, 0.1) is 11.6 Å². The highest BCUT2D eigenvalue weighted by atomic mass is 19.1. The summed E-state index contributed by atoms with van der Waals surface area (Å²) in [6, 6.07) is 3.74. The molecule has 0 radical (unpaired) electrons. The molecular formula is C17H25F2NO2. The van der Waals surface area contributed by atoms with Crippen LogP contribution in [0.1, 0.15) is 25.8 Å². The second-order valence-corrected chi connectivity index (χ2v) is 5.40. The van der Waals surface area contributed by atoms with E-state index < -0.39 is 17.7 Å². The van der Waals surface area contributed by atoms with Crippen molar-refractivity contribution in [3.63, 3.8) is 0 Å². The minimum absolute atomic E-state index is 0.165. The van der Waals surface area contributed by atoms with Crippen molar-refractivity contribution < 1.29 is 18.6 Å². The molecule has 1 N–H and O–H groups in total. The highest BCUT2D eigenvalue weighted by molar-refractivity contribution is 5.18. The van der Waals surface area contributed by atoms with Gasteiger partial charge in [0.15, 0.2) is 0 Å². The van der Waals surface area contributed by atoms with Crippen LogP contribution < -0.4 is 0 Å². The van der Waals surface area contributed by atoms with Gasteiger partial charge in [-0.1, -0.05) is 19.1 Å². The summed E-state index contributed by atoms with van der Waals surface area (Å²) in [6.45, 7) is 8.85. The number of aliphatic hydroxyl groups excluding tert-OH is 1. The van der Waals surface area contributed by atoms with Gasteiger partial charge in [-0.25, -0.2) is 8.78 Å². The van der Waals surface area contributed by atoms with Crippen molar-refractivity contribution in [1.29, 1.82) is 0 Å². The number of hydrogen-bond acceptors (Lipinski definition) is 3. The van der Waals surface area contributed by atoms with Crippen molar-refractivity contribution >= 4 is 0 Å². The number of hydrogen-bond donors (Lipinski definition) is 1. The van der Waals surface area contributed by atoms with Gasteiger partial charge < -0.3 is 9.84 Å². The van der Waals surface area contributed by atoms with Gasteiger partial charge in [-0.15, -0.1) is 6.58 Å². The summed E-state index contributed by atoms with van der Waals surface area (Å²) in [6.07, 6.45) is 1.81. The molecule has 0 heterocycles. The smallest absolute Gasteiger partial charge is 0.130 e. The van der Waals surface area contributed by atoms with Crippen LogP contribution in [0.15, 0.2) is 30.9 Å². The number of ether oxygens (including phenoxy) is 1. The lowest BCUT2D eigenvalue weighted by atomic mass is 10.1. The number of benzene rings is 1. The van der Waals surface area contributed by atoms with Crippen LogP contribution in [0.5, 0.6) is 0 Å². The third kappa shape index (κ3) is 6.22. The third-order valence-electron chi connectivity index (χ3n) is 3.59. The zero-order chi connectivity index (χ0) is 16.5. The molecule has 0 unspecified atom stereocenters. The minimum atomic E-state index is -0.669. The summed E-state index contributed by atoms with van der Waals surface area (Å²) in [4.78, 5) is 1.97. The second kappa shape index (κ2) is 9.66. The van der Waals surface area contributed by atoms with Gasteiger partial charge in [-0.3, -0.25) is 4.90 Å². The molecule has 0 aliphatic heterocycles. The first-order valence-corrected chi connectivity index (χ1v) is 7.52.